The molecule has 0 bridgehead atoms. The number of benzene rings is 1. The molecule has 0 aliphatic heterocycles. The van der Waals surface area contributed by atoms with Crippen molar-refractivity contribution < 1.29 is 31.1 Å². The van der Waals surface area contributed by atoms with Crippen molar-refractivity contribution in [2.45, 2.75) is 12.6 Å². The second-order valence-corrected chi connectivity index (χ2v) is 3.89. The maximum Gasteiger partial charge on any atom is 0.416 e. The summed E-state index contributed by atoms with van der Waals surface area (Å²) in [6.45, 7) is -0.904. The molecule has 108 valence electrons. The third-order valence-corrected chi connectivity index (χ3v) is 2.46. The smallest absolute Gasteiger partial charge is 0.416 e. The van der Waals surface area contributed by atoms with Crippen LogP contribution in [0, 0.1) is 0 Å². The fraction of sp³-hybridized carbons (Fsp3) is 0.231. The van der Waals surface area contributed by atoms with Gasteiger partial charge in [0.2, 0.25) is 0 Å². The van der Waals surface area contributed by atoms with Gasteiger partial charge in [0.1, 0.15) is 18.1 Å². The van der Waals surface area contributed by atoms with Crippen LogP contribution in [0.4, 0.5) is 22.0 Å². The molecule has 0 aliphatic carbocycles. The number of ether oxygens (including phenoxy) is 1. The van der Waals surface area contributed by atoms with Crippen molar-refractivity contribution in [2.75, 3.05) is 6.61 Å². The Morgan fingerprint density at radius 2 is 1.90 bits per heavy atom. The first kappa shape index (κ1) is 14.4. The van der Waals surface area contributed by atoms with Crippen molar-refractivity contribution in [3.8, 4) is 17.1 Å². The molecule has 0 N–H and O–H groups in total. The summed E-state index contributed by atoms with van der Waals surface area (Å²) in [7, 11) is 0. The van der Waals surface area contributed by atoms with Crippen molar-refractivity contribution >= 4 is 0 Å². The van der Waals surface area contributed by atoms with E-state index in [9.17, 15) is 22.0 Å². The van der Waals surface area contributed by atoms with Crippen LogP contribution in [0.3, 0.4) is 0 Å². The molecule has 0 radical (unpaired) electrons. The average molecular weight is 292 g/mol. The molecule has 0 spiro atoms. The summed E-state index contributed by atoms with van der Waals surface area (Å²) < 4.78 is 72.1. The first-order chi connectivity index (χ1) is 9.38. The van der Waals surface area contributed by atoms with E-state index in [0.29, 0.717) is 0 Å². The summed E-state index contributed by atoms with van der Waals surface area (Å²) >= 11 is 0. The van der Waals surface area contributed by atoms with E-state index in [4.69, 9.17) is 9.15 Å². The minimum atomic E-state index is -4.54. The monoisotopic (exact) mass is 292 g/mol. The molecule has 0 fully saturated rings. The fourth-order valence-corrected chi connectivity index (χ4v) is 1.61. The first-order valence-corrected chi connectivity index (χ1v) is 5.54. The van der Waals surface area contributed by atoms with Crippen molar-refractivity contribution in [1.29, 1.82) is 0 Å². The van der Waals surface area contributed by atoms with Gasteiger partial charge in [0, 0.05) is 0 Å². The Kier molecular flexibility index (Phi) is 3.96. The van der Waals surface area contributed by atoms with Crippen LogP contribution in [0.15, 0.2) is 41.0 Å². The molecule has 2 rings (SSSR count). The highest BCUT2D eigenvalue weighted by Gasteiger charge is 2.31. The standard InChI is InChI=1S/C13H9F5O2/c14-12(15)7-20-11-4-3-8(13(16,17)18)6-9(11)10-2-1-5-19-10/h1-6,12H,7H2. The van der Waals surface area contributed by atoms with Crippen molar-refractivity contribution in [3.63, 3.8) is 0 Å². The summed E-state index contributed by atoms with van der Waals surface area (Å²) in [4.78, 5) is 0. The van der Waals surface area contributed by atoms with Crippen molar-refractivity contribution in [1.82, 2.24) is 0 Å². The second kappa shape index (κ2) is 5.52. The number of hydrogen-bond donors (Lipinski definition) is 0. The molecule has 2 aromatic rings. The van der Waals surface area contributed by atoms with Crippen LogP contribution in [0.25, 0.3) is 11.3 Å². The molecule has 1 heterocycles. The van der Waals surface area contributed by atoms with Crippen LogP contribution >= 0.6 is 0 Å². The Bertz CT molecular complexity index is 561. The minimum Gasteiger partial charge on any atom is -0.487 e. The van der Waals surface area contributed by atoms with E-state index < -0.39 is 24.8 Å². The molecule has 0 unspecified atom stereocenters. The zero-order valence-electron chi connectivity index (χ0n) is 9.95. The average Bonchev–Trinajstić information content (AvgIpc) is 2.88. The van der Waals surface area contributed by atoms with Crippen LogP contribution in [-0.2, 0) is 6.18 Å². The van der Waals surface area contributed by atoms with E-state index in [1.807, 2.05) is 0 Å². The van der Waals surface area contributed by atoms with Gasteiger partial charge in [0.15, 0.2) is 0 Å². The van der Waals surface area contributed by atoms with Gasteiger partial charge in [-0.25, -0.2) is 8.78 Å². The SMILES string of the molecule is FC(F)COc1ccc(C(F)(F)F)cc1-c1ccco1. The normalized spacial score (nSPS) is 11.9. The van der Waals surface area contributed by atoms with Gasteiger partial charge >= 0.3 is 6.18 Å². The lowest BCUT2D eigenvalue weighted by atomic mass is 10.1. The van der Waals surface area contributed by atoms with Crippen molar-refractivity contribution in [3.05, 3.63) is 42.2 Å². The number of rotatable bonds is 4. The third kappa shape index (κ3) is 3.28. The lowest BCUT2D eigenvalue weighted by Crippen LogP contribution is -2.09. The van der Waals surface area contributed by atoms with Gasteiger partial charge in [-0.1, -0.05) is 0 Å². The Balaban J connectivity index is 2.41. The number of hydrogen-bond acceptors (Lipinski definition) is 2. The molecule has 0 aliphatic rings. The van der Waals surface area contributed by atoms with Crippen LogP contribution in [0.1, 0.15) is 5.56 Å². The van der Waals surface area contributed by atoms with E-state index in [1.54, 1.807) is 0 Å². The Hall–Kier alpha value is -2.05. The van der Waals surface area contributed by atoms with Gasteiger partial charge in [-0.05, 0) is 30.3 Å². The van der Waals surface area contributed by atoms with Gasteiger partial charge in [-0.15, -0.1) is 0 Å². The predicted octanol–water partition coefficient (Wildman–Crippen LogP) is 4.61. The van der Waals surface area contributed by atoms with E-state index in [2.05, 4.69) is 0 Å². The summed E-state index contributed by atoms with van der Waals surface area (Å²) in [5, 5.41) is 0. The van der Waals surface area contributed by atoms with Gasteiger partial charge in [0.25, 0.3) is 6.43 Å². The number of alkyl halides is 5. The fourth-order valence-electron chi connectivity index (χ4n) is 1.61. The number of halogens is 5. The van der Waals surface area contributed by atoms with Crippen molar-refractivity contribution in [2.24, 2.45) is 0 Å². The molecule has 2 nitrogen and oxygen atoms in total. The summed E-state index contributed by atoms with van der Waals surface area (Å²) in [5.41, 5.74) is -0.932. The summed E-state index contributed by atoms with van der Waals surface area (Å²) in [6.07, 6.45) is -5.99. The molecule has 1 aromatic heterocycles. The third-order valence-electron chi connectivity index (χ3n) is 2.46. The van der Waals surface area contributed by atoms with E-state index in [-0.39, 0.29) is 17.1 Å². The zero-order chi connectivity index (χ0) is 14.8. The lowest BCUT2D eigenvalue weighted by Gasteiger charge is -2.13. The molecular formula is C13H9F5O2. The summed E-state index contributed by atoms with van der Waals surface area (Å²) in [5.74, 6) is 0.0219. The molecule has 20 heavy (non-hydrogen) atoms. The molecule has 0 amide bonds. The van der Waals surface area contributed by atoms with Crippen LogP contribution < -0.4 is 4.74 Å². The molecule has 0 saturated heterocycles. The van der Waals surface area contributed by atoms with Crippen LogP contribution in [0.2, 0.25) is 0 Å². The van der Waals surface area contributed by atoms with Crippen LogP contribution in [-0.4, -0.2) is 13.0 Å². The largest absolute Gasteiger partial charge is 0.487 e. The number of furan rings is 1. The Morgan fingerprint density at radius 3 is 2.45 bits per heavy atom. The van der Waals surface area contributed by atoms with Gasteiger partial charge < -0.3 is 9.15 Å². The molecule has 7 heteroatoms. The highest BCUT2D eigenvalue weighted by atomic mass is 19.4. The quantitative estimate of drug-likeness (QED) is 0.768. The lowest BCUT2D eigenvalue weighted by molar-refractivity contribution is -0.137. The van der Waals surface area contributed by atoms with E-state index in [1.165, 1.54) is 18.4 Å². The zero-order valence-corrected chi connectivity index (χ0v) is 9.95. The molecule has 1 aromatic carbocycles. The molecule has 0 atom stereocenters. The first-order valence-electron chi connectivity index (χ1n) is 5.54. The van der Waals surface area contributed by atoms with E-state index >= 15 is 0 Å². The maximum atomic E-state index is 12.7. The Labute approximate surface area is 110 Å². The highest BCUT2D eigenvalue weighted by molar-refractivity contribution is 5.67. The predicted molar refractivity (Wildman–Crippen MR) is 60.6 cm³/mol. The topological polar surface area (TPSA) is 22.4 Å². The second-order valence-electron chi connectivity index (χ2n) is 3.89. The molecule has 0 saturated carbocycles. The minimum absolute atomic E-state index is 0.0227. The Morgan fingerprint density at radius 1 is 1.15 bits per heavy atom. The van der Waals surface area contributed by atoms with Gasteiger partial charge in [-0.3, -0.25) is 0 Å². The summed E-state index contributed by atoms with van der Waals surface area (Å²) in [6, 6.07) is 5.48. The van der Waals surface area contributed by atoms with Gasteiger partial charge in [-0.2, -0.15) is 13.2 Å². The van der Waals surface area contributed by atoms with Gasteiger partial charge in [0.05, 0.1) is 17.4 Å². The molecular weight excluding hydrogens is 283 g/mol. The van der Waals surface area contributed by atoms with Crippen LogP contribution in [0.5, 0.6) is 5.75 Å². The maximum absolute atomic E-state index is 12.7. The highest BCUT2D eigenvalue weighted by Crippen LogP contribution is 2.37. The van der Waals surface area contributed by atoms with E-state index in [0.717, 1.165) is 18.2 Å².